The first-order valence-corrected chi connectivity index (χ1v) is 7.07. The van der Waals surface area contributed by atoms with E-state index in [0.29, 0.717) is 0 Å². The Morgan fingerprint density at radius 2 is 1.23 bits per heavy atom. The fraction of sp³-hybridized carbons (Fsp3) is 0.211. The minimum Gasteiger partial charge on any atom is -0.450 e. The molecule has 0 radical (unpaired) electrons. The summed E-state index contributed by atoms with van der Waals surface area (Å²) < 4.78 is 4.35. The molecule has 3 nitrogen and oxygen atoms in total. The number of carboxylic acid groups (broad SMARTS) is 1. The molecule has 0 saturated heterocycles. The summed E-state index contributed by atoms with van der Waals surface area (Å²) >= 11 is 0. The van der Waals surface area contributed by atoms with E-state index in [-0.39, 0.29) is 0 Å². The maximum Gasteiger partial charge on any atom is 0.506 e. The van der Waals surface area contributed by atoms with Gasteiger partial charge < -0.3 is 9.84 Å². The van der Waals surface area contributed by atoms with Gasteiger partial charge in [0.25, 0.3) is 0 Å². The van der Waals surface area contributed by atoms with Crippen LogP contribution in [0.15, 0.2) is 60.7 Å². The molecule has 0 unspecified atom stereocenters. The Balaban J connectivity index is 0.000000261. The summed E-state index contributed by atoms with van der Waals surface area (Å²) in [5, 5.41) is 8.03. The largest absolute Gasteiger partial charge is 0.506 e. The fourth-order valence-corrected chi connectivity index (χ4v) is 1.58. The number of hydrogen-bond acceptors (Lipinski definition) is 2. The number of carbonyl (C=O) groups is 1. The Hall–Kier alpha value is -2.55. The quantitative estimate of drug-likeness (QED) is 0.601. The molecule has 2 rings (SSSR count). The summed E-state index contributed by atoms with van der Waals surface area (Å²) in [5.74, 6) is 0. The van der Waals surface area contributed by atoms with Crippen molar-refractivity contribution in [3.05, 3.63) is 71.8 Å². The molecular formula is C19H22O3. The summed E-state index contributed by atoms with van der Waals surface area (Å²) in [6, 6.07) is 20.6. The van der Waals surface area contributed by atoms with Crippen LogP contribution in [0.3, 0.4) is 0 Å². The molecule has 0 saturated carbocycles. The Morgan fingerprint density at radius 1 is 0.864 bits per heavy atom. The van der Waals surface area contributed by atoms with Crippen molar-refractivity contribution in [1.29, 1.82) is 0 Å². The van der Waals surface area contributed by atoms with Gasteiger partial charge in [-0.3, -0.25) is 0 Å². The van der Waals surface area contributed by atoms with Gasteiger partial charge in [-0.25, -0.2) is 4.79 Å². The van der Waals surface area contributed by atoms with Crippen LogP contribution in [0.25, 0.3) is 12.2 Å². The minimum absolute atomic E-state index is 0.578. The van der Waals surface area contributed by atoms with E-state index in [9.17, 15) is 4.79 Å². The summed E-state index contributed by atoms with van der Waals surface area (Å²) in [4.78, 5) is 9.79. The van der Waals surface area contributed by atoms with Crippen LogP contribution in [0, 0.1) is 0 Å². The van der Waals surface area contributed by atoms with Gasteiger partial charge in [-0.2, -0.15) is 0 Å². The zero-order valence-corrected chi connectivity index (χ0v) is 13.2. The van der Waals surface area contributed by atoms with Crippen molar-refractivity contribution in [1.82, 2.24) is 0 Å². The molecule has 0 heterocycles. The fourth-order valence-electron chi connectivity index (χ4n) is 1.58. The lowest BCUT2D eigenvalue weighted by Crippen LogP contribution is -2.22. The Labute approximate surface area is 131 Å². The van der Waals surface area contributed by atoms with Crippen molar-refractivity contribution in [2.75, 3.05) is 0 Å². The van der Waals surface area contributed by atoms with E-state index >= 15 is 0 Å². The van der Waals surface area contributed by atoms with Crippen LogP contribution in [0.1, 0.15) is 31.9 Å². The van der Waals surface area contributed by atoms with Gasteiger partial charge in [0.2, 0.25) is 0 Å². The molecule has 22 heavy (non-hydrogen) atoms. The lowest BCUT2D eigenvalue weighted by Gasteiger charge is -2.15. The highest BCUT2D eigenvalue weighted by molar-refractivity contribution is 5.69. The first-order valence-electron chi connectivity index (χ1n) is 7.07. The molecule has 3 heteroatoms. The highest BCUT2D eigenvalue weighted by atomic mass is 16.7. The standard InChI is InChI=1S/C14H12.C5H10O3/c1-3-7-13(8-4-1)11-12-14-9-5-2-6-10-14;1-5(2,3)8-4(6)7/h1-12H;1-3H3,(H,6,7). The van der Waals surface area contributed by atoms with Crippen molar-refractivity contribution in [2.45, 2.75) is 26.4 Å². The van der Waals surface area contributed by atoms with Crippen LogP contribution in [-0.2, 0) is 4.74 Å². The normalized spacial score (nSPS) is 10.7. The third kappa shape index (κ3) is 8.59. The first-order chi connectivity index (χ1) is 10.4. The van der Waals surface area contributed by atoms with Gasteiger partial charge in [0.05, 0.1) is 0 Å². The maximum atomic E-state index is 9.79. The third-order valence-corrected chi connectivity index (χ3v) is 2.46. The van der Waals surface area contributed by atoms with Crippen LogP contribution in [0.2, 0.25) is 0 Å². The molecule has 0 fully saturated rings. The predicted octanol–water partition coefficient (Wildman–Crippen LogP) is 5.34. The highest BCUT2D eigenvalue weighted by Crippen LogP contribution is 2.07. The molecule has 0 aliphatic heterocycles. The van der Waals surface area contributed by atoms with Crippen LogP contribution >= 0.6 is 0 Å². The molecule has 0 bridgehead atoms. The minimum atomic E-state index is -1.22. The lowest BCUT2D eigenvalue weighted by molar-refractivity contribution is 0.0150. The summed E-state index contributed by atoms with van der Waals surface area (Å²) in [5.41, 5.74) is 1.89. The molecule has 2 aromatic carbocycles. The molecule has 2 aromatic rings. The van der Waals surface area contributed by atoms with Crippen molar-refractivity contribution in [3.8, 4) is 0 Å². The van der Waals surface area contributed by atoms with Crippen LogP contribution in [-0.4, -0.2) is 16.9 Å². The first kappa shape index (κ1) is 17.5. The second-order valence-corrected chi connectivity index (χ2v) is 5.64. The lowest BCUT2D eigenvalue weighted by atomic mass is 10.1. The molecule has 116 valence electrons. The summed E-state index contributed by atoms with van der Waals surface area (Å²) in [7, 11) is 0. The second kappa shape index (κ2) is 8.67. The van der Waals surface area contributed by atoms with E-state index in [0.717, 1.165) is 0 Å². The van der Waals surface area contributed by atoms with Gasteiger partial charge in [0.1, 0.15) is 5.60 Å². The smallest absolute Gasteiger partial charge is 0.450 e. The molecule has 0 aliphatic rings. The predicted molar refractivity (Wildman–Crippen MR) is 90.7 cm³/mol. The molecular weight excluding hydrogens is 276 g/mol. The summed E-state index contributed by atoms with van der Waals surface area (Å²) in [6.45, 7) is 5.04. The molecule has 0 atom stereocenters. The number of ether oxygens (including phenoxy) is 1. The van der Waals surface area contributed by atoms with E-state index in [1.165, 1.54) is 11.1 Å². The van der Waals surface area contributed by atoms with Gasteiger partial charge in [-0.15, -0.1) is 0 Å². The monoisotopic (exact) mass is 298 g/mol. The topological polar surface area (TPSA) is 46.5 Å². The van der Waals surface area contributed by atoms with Gasteiger partial charge in [0, 0.05) is 0 Å². The second-order valence-electron chi connectivity index (χ2n) is 5.64. The van der Waals surface area contributed by atoms with Crippen molar-refractivity contribution >= 4 is 18.3 Å². The van der Waals surface area contributed by atoms with Crippen molar-refractivity contribution < 1.29 is 14.6 Å². The van der Waals surface area contributed by atoms with E-state index in [4.69, 9.17) is 5.11 Å². The Bertz CT molecular complexity index is 540. The van der Waals surface area contributed by atoms with Crippen LogP contribution in [0.5, 0.6) is 0 Å². The maximum absolute atomic E-state index is 9.79. The SMILES string of the molecule is C(=Cc1ccccc1)c1ccccc1.CC(C)(C)OC(=O)O. The van der Waals surface area contributed by atoms with Gasteiger partial charge >= 0.3 is 6.16 Å². The Kier molecular flexibility index (Phi) is 6.90. The van der Waals surface area contributed by atoms with E-state index in [1.807, 2.05) is 36.4 Å². The van der Waals surface area contributed by atoms with E-state index < -0.39 is 11.8 Å². The molecule has 0 amide bonds. The highest BCUT2D eigenvalue weighted by Gasteiger charge is 2.13. The number of benzene rings is 2. The Morgan fingerprint density at radius 3 is 1.45 bits per heavy atom. The molecule has 0 aromatic heterocycles. The van der Waals surface area contributed by atoms with E-state index in [2.05, 4.69) is 41.2 Å². The third-order valence-electron chi connectivity index (χ3n) is 2.46. The molecule has 0 spiro atoms. The van der Waals surface area contributed by atoms with Crippen molar-refractivity contribution in [2.24, 2.45) is 0 Å². The number of hydrogen-bond donors (Lipinski definition) is 1. The van der Waals surface area contributed by atoms with Crippen molar-refractivity contribution in [3.63, 3.8) is 0 Å². The molecule has 0 aliphatic carbocycles. The van der Waals surface area contributed by atoms with Crippen LogP contribution < -0.4 is 0 Å². The molecule has 1 N–H and O–H groups in total. The van der Waals surface area contributed by atoms with Gasteiger partial charge in [-0.1, -0.05) is 72.8 Å². The van der Waals surface area contributed by atoms with E-state index in [1.54, 1.807) is 20.8 Å². The summed E-state index contributed by atoms with van der Waals surface area (Å²) in [6.07, 6.45) is 3.02. The van der Waals surface area contributed by atoms with Gasteiger partial charge in [0.15, 0.2) is 0 Å². The average Bonchev–Trinajstić information content (AvgIpc) is 2.45. The van der Waals surface area contributed by atoms with Crippen LogP contribution in [0.4, 0.5) is 4.79 Å². The zero-order chi connectivity index (χ0) is 16.4. The zero-order valence-electron chi connectivity index (χ0n) is 13.2. The van der Waals surface area contributed by atoms with Gasteiger partial charge in [-0.05, 0) is 31.9 Å². The average molecular weight is 298 g/mol. The number of rotatable bonds is 2.